The van der Waals surface area contributed by atoms with Crippen LogP contribution in [0.3, 0.4) is 0 Å². The first-order chi connectivity index (χ1) is 9.78. The van der Waals surface area contributed by atoms with Gasteiger partial charge in [0.05, 0.1) is 5.52 Å². The molecule has 1 saturated heterocycles. The number of likely N-dealkylation sites (tertiary alicyclic amines) is 1. The first-order valence-corrected chi connectivity index (χ1v) is 7.64. The van der Waals surface area contributed by atoms with Crippen LogP contribution in [-0.2, 0) is 6.54 Å². The molecule has 1 fully saturated rings. The van der Waals surface area contributed by atoms with Gasteiger partial charge in [-0.25, -0.2) is 4.98 Å². The molecule has 0 amide bonds. The van der Waals surface area contributed by atoms with Gasteiger partial charge in [-0.1, -0.05) is 36.2 Å². The molecular formula is C16H20ClN3. The van der Waals surface area contributed by atoms with Crippen molar-refractivity contribution >= 4 is 22.5 Å². The summed E-state index contributed by atoms with van der Waals surface area (Å²) in [4.78, 5) is 6.95. The van der Waals surface area contributed by atoms with Crippen LogP contribution in [0, 0.1) is 0 Å². The number of nitrogens with zero attached hydrogens (tertiary/aromatic N) is 2. The summed E-state index contributed by atoms with van der Waals surface area (Å²) in [6.07, 6.45) is 3.71. The molecule has 0 bridgehead atoms. The van der Waals surface area contributed by atoms with E-state index in [4.69, 9.17) is 17.3 Å². The fourth-order valence-corrected chi connectivity index (χ4v) is 3.21. The minimum atomic E-state index is 0.478. The van der Waals surface area contributed by atoms with Crippen LogP contribution < -0.4 is 5.73 Å². The normalized spacial score (nSPS) is 20.4. The van der Waals surface area contributed by atoms with Crippen molar-refractivity contribution in [2.75, 3.05) is 13.1 Å². The third-order valence-corrected chi connectivity index (χ3v) is 4.47. The number of fused-ring (bicyclic) bond motifs is 1. The average Bonchev–Trinajstić information content (AvgIpc) is 2.48. The Morgan fingerprint density at radius 1 is 1.30 bits per heavy atom. The molecule has 1 aliphatic heterocycles. The third-order valence-electron chi connectivity index (χ3n) is 4.14. The molecule has 2 aromatic rings. The highest BCUT2D eigenvalue weighted by atomic mass is 35.5. The Kier molecular flexibility index (Phi) is 4.20. The van der Waals surface area contributed by atoms with Crippen molar-refractivity contribution in [3.8, 4) is 0 Å². The maximum absolute atomic E-state index is 6.34. The van der Waals surface area contributed by atoms with Crippen LogP contribution in [0.4, 0.5) is 0 Å². The van der Waals surface area contributed by atoms with Gasteiger partial charge in [0.15, 0.2) is 0 Å². The van der Waals surface area contributed by atoms with E-state index in [1.165, 1.54) is 19.3 Å². The predicted molar refractivity (Wildman–Crippen MR) is 83.9 cm³/mol. The smallest absolute Gasteiger partial charge is 0.134 e. The summed E-state index contributed by atoms with van der Waals surface area (Å²) < 4.78 is 0. The number of benzene rings is 1. The maximum atomic E-state index is 6.34. The topological polar surface area (TPSA) is 42.1 Å². The molecule has 1 unspecified atom stereocenters. The van der Waals surface area contributed by atoms with Crippen molar-refractivity contribution in [3.05, 3.63) is 41.0 Å². The Hall–Kier alpha value is -1.16. The van der Waals surface area contributed by atoms with Crippen LogP contribution in [0.1, 0.15) is 24.8 Å². The summed E-state index contributed by atoms with van der Waals surface area (Å²) in [5.41, 5.74) is 7.94. The fraction of sp³-hybridized carbons (Fsp3) is 0.438. The Bertz CT molecular complexity index is 599. The van der Waals surface area contributed by atoms with E-state index in [0.717, 1.165) is 36.1 Å². The van der Waals surface area contributed by atoms with Crippen LogP contribution >= 0.6 is 11.6 Å². The average molecular weight is 290 g/mol. The fourth-order valence-electron chi connectivity index (χ4n) is 3.00. The lowest BCUT2D eigenvalue weighted by molar-refractivity contribution is 0.145. The van der Waals surface area contributed by atoms with Crippen molar-refractivity contribution < 1.29 is 0 Å². The van der Waals surface area contributed by atoms with Crippen LogP contribution in [0.5, 0.6) is 0 Å². The zero-order valence-corrected chi connectivity index (χ0v) is 12.3. The second-order valence-electron chi connectivity index (χ2n) is 5.49. The Morgan fingerprint density at radius 2 is 2.15 bits per heavy atom. The lowest BCUT2D eigenvalue weighted by atomic mass is 10.0. The van der Waals surface area contributed by atoms with Crippen molar-refractivity contribution in [1.82, 2.24) is 9.88 Å². The molecular weight excluding hydrogens is 270 g/mol. The molecule has 0 aliphatic carbocycles. The number of para-hydroxylation sites is 1. The first kappa shape index (κ1) is 13.8. The largest absolute Gasteiger partial charge is 0.329 e. The second kappa shape index (κ2) is 6.08. The van der Waals surface area contributed by atoms with Crippen LogP contribution in [0.15, 0.2) is 30.3 Å². The van der Waals surface area contributed by atoms with Crippen LogP contribution in [-0.4, -0.2) is 29.0 Å². The summed E-state index contributed by atoms with van der Waals surface area (Å²) >= 11 is 6.34. The van der Waals surface area contributed by atoms with Crippen molar-refractivity contribution in [1.29, 1.82) is 0 Å². The molecule has 0 radical (unpaired) electrons. The third kappa shape index (κ3) is 2.80. The number of nitrogens with two attached hydrogens (primary N) is 1. The molecule has 1 aliphatic rings. The van der Waals surface area contributed by atoms with Crippen LogP contribution in [0.2, 0.25) is 5.15 Å². The highest BCUT2D eigenvalue weighted by Crippen LogP contribution is 2.25. The molecule has 3 nitrogen and oxygen atoms in total. The van der Waals surface area contributed by atoms with Gasteiger partial charge < -0.3 is 5.73 Å². The number of hydrogen-bond acceptors (Lipinski definition) is 3. The highest BCUT2D eigenvalue weighted by molar-refractivity contribution is 6.30. The second-order valence-corrected chi connectivity index (χ2v) is 5.84. The molecule has 3 rings (SSSR count). The molecule has 1 atom stereocenters. The van der Waals surface area contributed by atoms with Gasteiger partial charge in [-0.3, -0.25) is 4.90 Å². The van der Waals surface area contributed by atoms with Crippen LogP contribution in [0.25, 0.3) is 10.9 Å². The van der Waals surface area contributed by atoms with Gasteiger partial charge in [-0.05, 0) is 31.5 Å². The van der Waals surface area contributed by atoms with Gasteiger partial charge in [-0.2, -0.15) is 0 Å². The van der Waals surface area contributed by atoms with Crippen molar-refractivity contribution in [3.63, 3.8) is 0 Å². The van der Waals surface area contributed by atoms with Gasteiger partial charge in [-0.15, -0.1) is 0 Å². The van der Waals surface area contributed by atoms with E-state index < -0.39 is 0 Å². The monoisotopic (exact) mass is 289 g/mol. The molecule has 0 saturated carbocycles. The molecule has 2 heterocycles. The Balaban J connectivity index is 1.87. The predicted octanol–water partition coefficient (Wildman–Crippen LogP) is 3.20. The molecule has 20 heavy (non-hydrogen) atoms. The highest BCUT2D eigenvalue weighted by Gasteiger charge is 2.22. The summed E-state index contributed by atoms with van der Waals surface area (Å²) in [7, 11) is 0. The van der Waals surface area contributed by atoms with E-state index in [1.54, 1.807) is 0 Å². The van der Waals surface area contributed by atoms with E-state index in [0.29, 0.717) is 11.2 Å². The number of aromatic nitrogens is 1. The zero-order valence-electron chi connectivity index (χ0n) is 11.6. The maximum Gasteiger partial charge on any atom is 0.134 e. The number of rotatable bonds is 3. The molecule has 4 heteroatoms. The molecule has 106 valence electrons. The van der Waals surface area contributed by atoms with E-state index in [1.807, 2.05) is 18.2 Å². The minimum Gasteiger partial charge on any atom is -0.329 e. The number of hydrogen-bond donors (Lipinski definition) is 1. The summed E-state index contributed by atoms with van der Waals surface area (Å²) in [6, 6.07) is 10.7. The standard InChI is InChI=1S/C16H20ClN3/c17-16-13(9-12-5-1-2-7-15(12)19-16)11-20-8-4-3-6-14(20)10-18/h1-2,5,7,9,14H,3-4,6,8,10-11,18H2. The van der Waals surface area contributed by atoms with Gasteiger partial charge in [0.1, 0.15) is 5.15 Å². The number of piperidine rings is 1. The number of pyridine rings is 1. The van der Waals surface area contributed by atoms with E-state index in [-0.39, 0.29) is 0 Å². The SMILES string of the molecule is NCC1CCCCN1Cc1cc2ccccc2nc1Cl. The lowest BCUT2D eigenvalue weighted by Gasteiger charge is -2.35. The molecule has 0 spiro atoms. The van der Waals surface area contributed by atoms with Crippen molar-refractivity contribution in [2.24, 2.45) is 5.73 Å². The lowest BCUT2D eigenvalue weighted by Crippen LogP contribution is -2.43. The Labute approximate surface area is 124 Å². The van der Waals surface area contributed by atoms with E-state index >= 15 is 0 Å². The molecule has 1 aromatic carbocycles. The summed E-state index contributed by atoms with van der Waals surface area (Å²) in [5, 5.41) is 1.76. The first-order valence-electron chi connectivity index (χ1n) is 7.26. The molecule has 2 N–H and O–H groups in total. The van der Waals surface area contributed by atoms with Gasteiger partial charge in [0, 0.05) is 30.1 Å². The summed E-state index contributed by atoms with van der Waals surface area (Å²) in [5.74, 6) is 0. The van der Waals surface area contributed by atoms with Crippen molar-refractivity contribution in [2.45, 2.75) is 31.8 Å². The van der Waals surface area contributed by atoms with E-state index in [2.05, 4.69) is 22.0 Å². The minimum absolute atomic E-state index is 0.478. The van der Waals surface area contributed by atoms with Gasteiger partial charge in [0.2, 0.25) is 0 Å². The molecule has 1 aromatic heterocycles. The van der Waals surface area contributed by atoms with Gasteiger partial charge >= 0.3 is 0 Å². The summed E-state index contributed by atoms with van der Waals surface area (Å²) in [6.45, 7) is 2.67. The quantitative estimate of drug-likeness (QED) is 0.882. The van der Waals surface area contributed by atoms with Gasteiger partial charge in [0.25, 0.3) is 0 Å². The Morgan fingerprint density at radius 3 is 3.00 bits per heavy atom. The zero-order chi connectivity index (χ0) is 13.9. The van der Waals surface area contributed by atoms with E-state index in [9.17, 15) is 0 Å². The number of halogens is 1.